The molecule has 3 aromatic rings. The molecule has 3 heterocycles. The van der Waals surface area contributed by atoms with Gasteiger partial charge in [-0.2, -0.15) is 0 Å². The molecule has 8 heteroatoms. The summed E-state index contributed by atoms with van der Waals surface area (Å²) < 4.78 is 0. The van der Waals surface area contributed by atoms with Gasteiger partial charge < -0.3 is 16.0 Å². The number of hydrogen-bond acceptors (Lipinski definition) is 7. The van der Waals surface area contributed by atoms with Gasteiger partial charge in [-0.1, -0.05) is 0 Å². The topological polar surface area (TPSA) is 110 Å². The summed E-state index contributed by atoms with van der Waals surface area (Å²) in [5.41, 5.74) is 7.72. The third kappa shape index (κ3) is 2.90. The first kappa shape index (κ1) is 15.2. The molecule has 0 amide bonds. The van der Waals surface area contributed by atoms with Crippen LogP contribution in [0.25, 0.3) is 22.3 Å². The molecular weight excluding hydrogens is 324 g/mol. The molecule has 7 nitrogen and oxygen atoms in total. The molecule has 1 fully saturated rings. The van der Waals surface area contributed by atoms with Gasteiger partial charge in [-0.15, -0.1) is 11.3 Å². The maximum absolute atomic E-state index is 11.9. The van der Waals surface area contributed by atoms with E-state index in [0.717, 1.165) is 36.5 Å². The summed E-state index contributed by atoms with van der Waals surface area (Å²) in [6, 6.07) is 2.42. The van der Waals surface area contributed by atoms with Gasteiger partial charge in [0.2, 0.25) is 0 Å². The monoisotopic (exact) mass is 342 g/mol. The maximum Gasteiger partial charge on any atom is 0.258 e. The molecule has 24 heavy (non-hydrogen) atoms. The van der Waals surface area contributed by atoms with Gasteiger partial charge in [0.05, 0.1) is 11.7 Å². The Bertz CT molecular complexity index is 912. The number of aromatic amines is 1. The van der Waals surface area contributed by atoms with Crippen molar-refractivity contribution in [3.8, 4) is 11.4 Å². The van der Waals surface area contributed by atoms with Crippen molar-refractivity contribution < 1.29 is 0 Å². The molecule has 1 saturated carbocycles. The minimum absolute atomic E-state index is 0.171. The molecule has 1 aliphatic carbocycles. The number of rotatable bonds is 3. The molecule has 0 bridgehead atoms. The van der Waals surface area contributed by atoms with Gasteiger partial charge in [0.15, 0.2) is 5.13 Å². The Kier molecular flexibility index (Phi) is 3.99. The third-order valence-electron chi connectivity index (χ3n) is 4.40. The van der Waals surface area contributed by atoms with Crippen LogP contribution in [-0.2, 0) is 0 Å². The second kappa shape index (κ2) is 6.29. The van der Waals surface area contributed by atoms with E-state index in [4.69, 9.17) is 5.73 Å². The lowest BCUT2D eigenvalue weighted by Gasteiger charge is -2.26. The van der Waals surface area contributed by atoms with Crippen LogP contribution in [0.3, 0.4) is 0 Å². The molecule has 0 aromatic carbocycles. The number of nitrogens with zero attached hydrogens (tertiary/aromatic N) is 3. The molecule has 0 saturated heterocycles. The number of pyridine rings is 1. The van der Waals surface area contributed by atoms with Crippen molar-refractivity contribution in [2.45, 2.75) is 37.8 Å². The molecule has 0 atom stereocenters. The Morgan fingerprint density at radius 1 is 1.25 bits per heavy atom. The lowest BCUT2D eigenvalue weighted by atomic mass is 9.92. The van der Waals surface area contributed by atoms with E-state index < -0.39 is 0 Å². The average Bonchev–Trinajstić information content (AvgIpc) is 3.05. The molecule has 1 aliphatic rings. The first-order chi connectivity index (χ1) is 11.7. The first-order valence-electron chi connectivity index (χ1n) is 8.01. The van der Waals surface area contributed by atoms with E-state index in [9.17, 15) is 4.79 Å². The number of hydrogen-bond donors (Lipinski definition) is 3. The Balaban J connectivity index is 1.61. The van der Waals surface area contributed by atoms with Crippen LogP contribution in [0.15, 0.2) is 28.8 Å². The fraction of sp³-hybridized carbons (Fsp3) is 0.375. The molecule has 0 spiro atoms. The van der Waals surface area contributed by atoms with Crippen LogP contribution in [0.2, 0.25) is 0 Å². The van der Waals surface area contributed by atoms with Gasteiger partial charge in [-0.05, 0) is 31.7 Å². The Morgan fingerprint density at radius 2 is 2.08 bits per heavy atom. The van der Waals surface area contributed by atoms with E-state index >= 15 is 0 Å². The predicted molar refractivity (Wildman–Crippen MR) is 95.1 cm³/mol. The largest absolute Gasteiger partial charge is 0.359 e. The number of nitrogens with one attached hydrogen (secondary N) is 2. The first-order valence-corrected chi connectivity index (χ1v) is 8.89. The third-order valence-corrected chi connectivity index (χ3v) is 5.18. The number of aromatic nitrogens is 4. The normalized spacial score (nSPS) is 21.0. The zero-order chi connectivity index (χ0) is 16.5. The fourth-order valence-electron chi connectivity index (χ4n) is 3.08. The zero-order valence-corrected chi connectivity index (χ0v) is 13.8. The van der Waals surface area contributed by atoms with Gasteiger partial charge >= 0.3 is 0 Å². The van der Waals surface area contributed by atoms with Crippen LogP contribution in [0, 0.1) is 0 Å². The lowest BCUT2D eigenvalue weighted by Crippen LogP contribution is -2.32. The highest BCUT2D eigenvalue weighted by atomic mass is 32.1. The molecule has 3 aromatic heterocycles. The summed E-state index contributed by atoms with van der Waals surface area (Å²) in [7, 11) is 0. The Hall–Kier alpha value is -2.32. The molecule has 0 radical (unpaired) electrons. The minimum atomic E-state index is -0.171. The predicted octanol–water partition coefficient (Wildman–Crippen LogP) is 2.12. The molecule has 0 aliphatic heterocycles. The lowest BCUT2D eigenvalue weighted by molar-refractivity contribution is 0.411. The summed E-state index contributed by atoms with van der Waals surface area (Å²) >= 11 is 1.54. The standard InChI is InChI=1S/C16H18N6OS/c17-9-1-3-10(4-2-9)21-16-22-12(7-24-16)14-13-11(5-6-18-14)15(23)20-8-19-13/h5-10H,1-4,17H2,(H,21,22)(H,19,20,23)/t9-,10+. The van der Waals surface area contributed by atoms with E-state index in [1.54, 1.807) is 23.6 Å². The Labute approximate surface area is 142 Å². The van der Waals surface area contributed by atoms with Crippen LogP contribution < -0.4 is 16.6 Å². The maximum atomic E-state index is 11.9. The number of fused-ring (bicyclic) bond motifs is 1. The highest BCUT2D eigenvalue weighted by molar-refractivity contribution is 7.14. The smallest absolute Gasteiger partial charge is 0.258 e. The van der Waals surface area contributed by atoms with Gasteiger partial charge in [0.25, 0.3) is 5.56 Å². The summed E-state index contributed by atoms with van der Waals surface area (Å²) in [5.74, 6) is 0. The fourth-order valence-corrected chi connectivity index (χ4v) is 3.85. The van der Waals surface area contributed by atoms with E-state index in [0.29, 0.717) is 28.7 Å². The number of thiazole rings is 1. The summed E-state index contributed by atoms with van der Waals surface area (Å²) in [4.78, 5) is 27.7. The summed E-state index contributed by atoms with van der Waals surface area (Å²) in [6.45, 7) is 0. The number of H-pyrrole nitrogens is 1. The van der Waals surface area contributed by atoms with Crippen molar-refractivity contribution in [3.63, 3.8) is 0 Å². The van der Waals surface area contributed by atoms with E-state index in [1.807, 2.05) is 5.38 Å². The Morgan fingerprint density at radius 3 is 2.92 bits per heavy atom. The van der Waals surface area contributed by atoms with E-state index in [2.05, 4.69) is 25.3 Å². The van der Waals surface area contributed by atoms with Gasteiger partial charge in [-0.3, -0.25) is 9.78 Å². The van der Waals surface area contributed by atoms with E-state index in [-0.39, 0.29) is 5.56 Å². The zero-order valence-electron chi connectivity index (χ0n) is 13.0. The van der Waals surface area contributed by atoms with Crippen LogP contribution in [0.1, 0.15) is 25.7 Å². The van der Waals surface area contributed by atoms with Crippen LogP contribution in [-0.4, -0.2) is 32.0 Å². The van der Waals surface area contributed by atoms with Gasteiger partial charge in [-0.25, -0.2) is 9.97 Å². The van der Waals surface area contributed by atoms with Crippen molar-refractivity contribution in [3.05, 3.63) is 34.3 Å². The minimum Gasteiger partial charge on any atom is -0.359 e. The second-order valence-electron chi connectivity index (χ2n) is 6.08. The van der Waals surface area contributed by atoms with Crippen molar-refractivity contribution in [2.24, 2.45) is 5.73 Å². The molecular formula is C16H18N6OS. The number of nitrogens with two attached hydrogens (primary N) is 1. The van der Waals surface area contributed by atoms with Gasteiger partial charge in [0, 0.05) is 23.7 Å². The van der Waals surface area contributed by atoms with Crippen molar-refractivity contribution in [1.82, 2.24) is 19.9 Å². The summed E-state index contributed by atoms with van der Waals surface area (Å²) in [5, 5.41) is 6.82. The highest BCUT2D eigenvalue weighted by Gasteiger charge is 2.19. The molecule has 4 N–H and O–H groups in total. The van der Waals surface area contributed by atoms with Crippen LogP contribution in [0.4, 0.5) is 5.13 Å². The molecule has 124 valence electrons. The van der Waals surface area contributed by atoms with E-state index in [1.165, 1.54) is 6.33 Å². The second-order valence-corrected chi connectivity index (χ2v) is 6.94. The van der Waals surface area contributed by atoms with Crippen molar-refractivity contribution in [1.29, 1.82) is 0 Å². The van der Waals surface area contributed by atoms with Crippen LogP contribution in [0.5, 0.6) is 0 Å². The summed E-state index contributed by atoms with van der Waals surface area (Å²) in [6.07, 6.45) is 7.25. The highest BCUT2D eigenvalue weighted by Crippen LogP contribution is 2.29. The quantitative estimate of drug-likeness (QED) is 0.672. The molecule has 4 rings (SSSR count). The van der Waals surface area contributed by atoms with Crippen molar-refractivity contribution in [2.75, 3.05) is 5.32 Å². The SMILES string of the molecule is N[C@H]1CC[C@@H](Nc2nc(-c3nccc4c(=O)[nH]cnc34)cs2)CC1. The number of anilines is 1. The van der Waals surface area contributed by atoms with Gasteiger partial charge in [0.1, 0.15) is 16.9 Å². The van der Waals surface area contributed by atoms with Crippen molar-refractivity contribution >= 4 is 27.4 Å². The molecule has 0 unspecified atom stereocenters. The average molecular weight is 342 g/mol. The van der Waals surface area contributed by atoms with Crippen LogP contribution >= 0.6 is 11.3 Å².